The molecule has 0 aliphatic carbocycles. The summed E-state index contributed by atoms with van der Waals surface area (Å²) in [5.41, 5.74) is 0.967. The fourth-order valence-electron chi connectivity index (χ4n) is 1.93. The summed E-state index contributed by atoms with van der Waals surface area (Å²) in [5, 5.41) is 4.46. The Morgan fingerprint density at radius 2 is 2.05 bits per heavy atom. The molecule has 1 N–H and O–H groups in total. The molecule has 0 saturated carbocycles. The van der Waals surface area contributed by atoms with Crippen molar-refractivity contribution in [3.63, 3.8) is 0 Å². The number of unbranched alkanes of at least 4 members (excludes halogenated alkanes) is 1. The van der Waals surface area contributed by atoms with Gasteiger partial charge in [0.2, 0.25) is 0 Å². The highest BCUT2D eigenvalue weighted by Crippen LogP contribution is 2.23. The Morgan fingerprint density at radius 3 is 2.84 bits per heavy atom. The smallest absolute Gasteiger partial charge is 0.137 e. The predicted molar refractivity (Wildman–Crippen MR) is 83.5 cm³/mol. The van der Waals surface area contributed by atoms with E-state index >= 15 is 0 Å². The van der Waals surface area contributed by atoms with E-state index in [0.717, 1.165) is 40.7 Å². The van der Waals surface area contributed by atoms with Crippen molar-refractivity contribution >= 4 is 32.7 Å². The lowest BCUT2D eigenvalue weighted by Gasteiger charge is -2.10. The fraction of sp³-hybridized carbons (Fsp3) is 0.429. The first-order valence-corrected chi connectivity index (χ1v) is 7.25. The minimum atomic E-state index is 0.913. The van der Waals surface area contributed by atoms with Crippen molar-refractivity contribution in [2.75, 3.05) is 32.5 Å². The topological polar surface area (TPSA) is 41.0 Å². The second-order valence-electron chi connectivity index (χ2n) is 4.82. The van der Waals surface area contributed by atoms with E-state index in [2.05, 4.69) is 56.3 Å². The molecule has 0 amide bonds. The van der Waals surface area contributed by atoms with Crippen LogP contribution in [0.5, 0.6) is 0 Å². The lowest BCUT2D eigenvalue weighted by molar-refractivity contribution is 0.396. The van der Waals surface area contributed by atoms with E-state index in [-0.39, 0.29) is 0 Å². The third-order valence-electron chi connectivity index (χ3n) is 2.92. The van der Waals surface area contributed by atoms with Crippen molar-refractivity contribution in [3.05, 3.63) is 29.0 Å². The maximum absolute atomic E-state index is 4.33. The molecule has 0 radical (unpaired) electrons. The van der Waals surface area contributed by atoms with Crippen LogP contribution < -0.4 is 5.32 Å². The molecule has 0 unspecified atom stereocenters. The Hall–Kier alpha value is -1.20. The number of halogens is 1. The monoisotopic (exact) mass is 322 g/mol. The highest BCUT2D eigenvalue weighted by molar-refractivity contribution is 9.10. The second-order valence-corrected chi connectivity index (χ2v) is 5.74. The van der Waals surface area contributed by atoms with E-state index in [4.69, 9.17) is 0 Å². The van der Waals surface area contributed by atoms with Crippen LogP contribution in [0.3, 0.4) is 0 Å². The maximum Gasteiger partial charge on any atom is 0.137 e. The summed E-state index contributed by atoms with van der Waals surface area (Å²) in [6.07, 6.45) is 3.93. The van der Waals surface area contributed by atoms with Crippen LogP contribution in [-0.2, 0) is 0 Å². The molecule has 4 nitrogen and oxygen atoms in total. The molecule has 0 saturated heterocycles. The van der Waals surface area contributed by atoms with Crippen molar-refractivity contribution < 1.29 is 0 Å². The molecule has 19 heavy (non-hydrogen) atoms. The van der Waals surface area contributed by atoms with Crippen LogP contribution in [0.15, 0.2) is 29.0 Å². The van der Waals surface area contributed by atoms with E-state index in [0.29, 0.717) is 0 Å². The van der Waals surface area contributed by atoms with Gasteiger partial charge in [0.1, 0.15) is 12.1 Å². The first kappa shape index (κ1) is 14.2. The first-order chi connectivity index (χ1) is 9.16. The lowest BCUT2D eigenvalue weighted by Crippen LogP contribution is -2.14. The van der Waals surface area contributed by atoms with Gasteiger partial charge in [0.15, 0.2) is 0 Å². The van der Waals surface area contributed by atoms with Gasteiger partial charge in [-0.2, -0.15) is 0 Å². The molecule has 2 aromatic rings. The van der Waals surface area contributed by atoms with Crippen LogP contribution in [0.4, 0.5) is 5.82 Å². The number of rotatable bonds is 6. The molecule has 0 bridgehead atoms. The van der Waals surface area contributed by atoms with Gasteiger partial charge in [0.05, 0.1) is 5.52 Å². The lowest BCUT2D eigenvalue weighted by atomic mass is 10.2. The first-order valence-electron chi connectivity index (χ1n) is 6.45. The predicted octanol–water partition coefficient (Wildman–Crippen LogP) is 3.15. The molecule has 5 heteroatoms. The molecule has 0 spiro atoms. The summed E-state index contributed by atoms with van der Waals surface area (Å²) >= 11 is 3.49. The van der Waals surface area contributed by atoms with Gasteiger partial charge in [0.25, 0.3) is 0 Å². The van der Waals surface area contributed by atoms with Crippen molar-refractivity contribution in [1.82, 2.24) is 14.9 Å². The van der Waals surface area contributed by atoms with Crippen molar-refractivity contribution in [2.24, 2.45) is 0 Å². The Balaban J connectivity index is 1.98. The molecular formula is C14H19BrN4. The largest absolute Gasteiger partial charge is 0.369 e. The van der Waals surface area contributed by atoms with Gasteiger partial charge in [0, 0.05) is 16.4 Å². The molecule has 0 atom stereocenters. The number of aromatic nitrogens is 2. The van der Waals surface area contributed by atoms with Crippen molar-refractivity contribution in [2.45, 2.75) is 12.8 Å². The Morgan fingerprint density at radius 1 is 1.21 bits per heavy atom. The van der Waals surface area contributed by atoms with Crippen LogP contribution in [0.2, 0.25) is 0 Å². The number of hydrogen-bond acceptors (Lipinski definition) is 4. The van der Waals surface area contributed by atoms with Crippen LogP contribution in [0, 0.1) is 0 Å². The van der Waals surface area contributed by atoms with E-state index < -0.39 is 0 Å². The average Bonchev–Trinajstić information content (AvgIpc) is 2.38. The van der Waals surface area contributed by atoms with Crippen molar-refractivity contribution in [3.8, 4) is 0 Å². The molecule has 102 valence electrons. The van der Waals surface area contributed by atoms with Crippen LogP contribution in [0.1, 0.15) is 12.8 Å². The molecule has 0 aliphatic heterocycles. The summed E-state index contributed by atoms with van der Waals surface area (Å²) in [6.45, 7) is 2.06. The van der Waals surface area contributed by atoms with Gasteiger partial charge in [-0.05, 0) is 51.7 Å². The zero-order chi connectivity index (χ0) is 13.7. The number of fused-ring (bicyclic) bond motifs is 1. The van der Waals surface area contributed by atoms with Gasteiger partial charge < -0.3 is 10.2 Å². The summed E-state index contributed by atoms with van der Waals surface area (Å²) < 4.78 is 1.05. The van der Waals surface area contributed by atoms with E-state index in [9.17, 15) is 0 Å². The summed E-state index contributed by atoms with van der Waals surface area (Å²) in [7, 11) is 4.20. The number of hydrogen-bond donors (Lipinski definition) is 1. The Labute approximate surface area is 122 Å². The third kappa shape index (κ3) is 4.14. The van der Waals surface area contributed by atoms with Gasteiger partial charge >= 0.3 is 0 Å². The van der Waals surface area contributed by atoms with Gasteiger partial charge in [-0.25, -0.2) is 9.97 Å². The minimum Gasteiger partial charge on any atom is -0.369 e. The summed E-state index contributed by atoms with van der Waals surface area (Å²) in [5.74, 6) is 0.913. The number of nitrogens with zero attached hydrogens (tertiary/aromatic N) is 3. The standard InChI is InChI=1S/C14H19BrN4/c1-19(2)8-4-3-7-16-14-12-9-11(15)5-6-13(12)17-10-18-14/h5-6,9-10H,3-4,7-8H2,1-2H3,(H,16,17,18). The third-order valence-corrected chi connectivity index (χ3v) is 3.42. The molecule has 0 aliphatic rings. The molecule has 1 heterocycles. The van der Waals surface area contributed by atoms with Gasteiger partial charge in [-0.15, -0.1) is 0 Å². The summed E-state index contributed by atoms with van der Waals surface area (Å²) in [4.78, 5) is 10.8. The molecular weight excluding hydrogens is 304 g/mol. The van der Waals surface area contributed by atoms with E-state index in [1.807, 2.05) is 12.1 Å². The Bertz CT molecular complexity index is 542. The average molecular weight is 323 g/mol. The summed E-state index contributed by atoms with van der Waals surface area (Å²) in [6, 6.07) is 6.05. The number of benzene rings is 1. The van der Waals surface area contributed by atoms with Crippen LogP contribution in [-0.4, -0.2) is 42.1 Å². The van der Waals surface area contributed by atoms with Gasteiger partial charge in [-0.3, -0.25) is 0 Å². The van der Waals surface area contributed by atoms with Crippen LogP contribution in [0.25, 0.3) is 10.9 Å². The normalized spacial score (nSPS) is 11.2. The second kappa shape index (κ2) is 6.82. The molecule has 1 aromatic heterocycles. The zero-order valence-corrected chi connectivity index (χ0v) is 12.9. The van der Waals surface area contributed by atoms with Crippen LogP contribution >= 0.6 is 15.9 Å². The minimum absolute atomic E-state index is 0.913. The SMILES string of the molecule is CN(C)CCCCNc1ncnc2ccc(Br)cc12. The highest BCUT2D eigenvalue weighted by Gasteiger charge is 2.03. The van der Waals surface area contributed by atoms with E-state index in [1.165, 1.54) is 6.42 Å². The highest BCUT2D eigenvalue weighted by atomic mass is 79.9. The molecule has 0 fully saturated rings. The number of nitrogens with one attached hydrogen (secondary N) is 1. The van der Waals surface area contributed by atoms with Gasteiger partial charge in [-0.1, -0.05) is 15.9 Å². The quantitative estimate of drug-likeness (QED) is 0.829. The molecule has 1 aromatic carbocycles. The Kier molecular flexibility index (Phi) is 5.10. The maximum atomic E-state index is 4.33. The van der Waals surface area contributed by atoms with E-state index in [1.54, 1.807) is 6.33 Å². The number of anilines is 1. The van der Waals surface area contributed by atoms with Crippen molar-refractivity contribution in [1.29, 1.82) is 0 Å². The molecule has 2 rings (SSSR count). The fourth-order valence-corrected chi connectivity index (χ4v) is 2.29. The zero-order valence-electron chi connectivity index (χ0n) is 11.4.